The van der Waals surface area contributed by atoms with Crippen LogP contribution in [-0.2, 0) is 16.0 Å². The monoisotopic (exact) mass is 496 g/mol. The van der Waals surface area contributed by atoms with Crippen LogP contribution in [0.25, 0.3) is 16.7 Å². The molecular weight excluding hydrogens is 468 g/mol. The molecule has 0 saturated carbocycles. The Balaban J connectivity index is 1.62. The van der Waals surface area contributed by atoms with Crippen LogP contribution in [0, 0.1) is 13.8 Å². The average Bonchev–Trinajstić information content (AvgIpc) is 3.41. The molecule has 4 aromatic rings. The fourth-order valence-corrected chi connectivity index (χ4v) is 5.24. The van der Waals surface area contributed by atoms with Crippen molar-refractivity contribution in [1.29, 1.82) is 0 Å². The molecular formula is C30H28N2O5. The highest BCUT2D eigenvalue weighted by atomic mass is 16.5. The number of fused-ring (bicyclic) bond motifs is 1. The summed E-state index contributed by atoms with van der Waals surface area (Å²) >= 11 is 0. The van der Waals surface area contributed by atoms with E-state index < -0.39 is 17.7 Å². The SMILES string of the molecule is COc1c(C)cc(C)cc1/C(O)=C1\C(=O)C(=O)N(CCc2c[nH]c3ccccc23)C1c1ccc(O)cc1. The minimum absolute atomic E-state index is 0.00193. The molecule has 2 heterocycles. The summed E-state index contributed by atoms with van der Waals surface area (Å²) in [4.78, 5) is 31.5. The number of ether oxygens (including phenoxy) is 1. The zero-order valence-corrected chi connectivity index (χ0v) is 20.9. The van der Waals surface area contributed by atoms with Crippen LogP contribution >= 0.6 is 0 Å². The third kappa shape index (κ3) is 4.22. The first-order chi connectivity index (χ1) is 17.8. The molecule has 1 fully saturated rings. The number of methoxy groups -OCH3 is 1. The Kier molecular flexibility index (Phi) is 6.21. The molecule has 7 heteroatoms. The molecule has 3 aromatic carbocycles. The summed E-state index contributed by atoms with van der Waals surface area (Å²) in [6.45, 7) is 4.01. The second-order valence-corrected chi connectivity index (χ2v) is 9.36. The molecule has 1 unspecified atom stereocenters. The van der Waals surface area contributed by atoms with Gasteiger partial charge in [-0.15, -0.1) is 0 Å². The summed E-state index contributed by atoms with van der Waals surface area (Å²) in [5.74, 6) is -1.21. The van der Waals surface area contributed by atoms with Crippen molar-refractivity contribution in [3.05, 3.63) is 100 Å². The molecule has 1 saturated heterocycles. The van der Waals surface area contributed by atoms with Crippen molar-refractivity contribution in [2.75, 3.05) is 13.7 Å². The maximum absolute atomic E-state index is 13.4. The summed E-state index contributed by atoms with van der Waals surface area (Å²) in [5.41, 5.74) is 4.68. The van der Waals surface area contributed by atoms with Crippen molar-refractivity contribution < 1.29 is 24.5 Å². The summed E-state index contributed by atoms with van der Waals surface area (Å²) < 4.78 is 5.55. The van der Waals surface area contributed by atoms with E-state index in [0.29, 0.717) is 23.3 Å². The average molecular weight is 497 g/mol. The van der Waals surface area contributed by atoms with Crippen LogP contribution in [0.15, 0.2) is 72.4 Å². The number of carbonyl (C=O) groups is 2. The largest absolute Gasteiger partial charge is 0.508 e. The molecule has 0 bridgehead atoms. The van der Waals surface area contributed by atoms with Crippen molar-refractivity contribution in [3.8, 4) is 11.5 Å². The van der Waals surface area contributed by atoms with Gasteiger partial charge in [-0.25, -0.2) is 0 Å². The number of aryl methyl sites for hydroxylation is 2. The molecule has 188 valence electrons. The van der Waals surface area contributed by atoms with E-state index >= 15 is 0 Å². The highest BCUT2D eigenvalue weighted by Gasteiger charge is 2.46. The Morgan fingerprint density at radius 1 is 1.05 bits per heavy atom. The van der Waals surface area contributed by atoms with E-state index in [9.17, 15) is 19.8 Å². The van der Waals surface area contributed by atoms with Gasteiger partial charge in [0.05, 0.1) is 24.3 Å². The van der Waals surface area contributed by atoms with E-state index in [-0.39, 0.29) is 23.6 Å². The van der Waals surface area contributed by atoms with Gasteiger partial charge in [-0.05, 0) is 66.8 Å². The molecule has 7 nitrogen and oxygen atoms in total. The van der Waals surface area contributed by atoms with Crippen molar-refractivity contribution in [1.82, 2.24) is 9.88 Å². The van der Waals surface area contributed by atoms with Crippen LogP contribution in [-0.4, -0.2) is 45.4 Å². The van der Waals surface area contributed by atoms with Gasteiger partial charge in [0, 0.05) is 23.6 Å². The molecule has 37 heavy (non-hydrogen) atoms. The number of para-hydroxylation sites is 1. The standard InChI is InChI=1S/C30H28N2O5/c1-17-14-18(2)29(37-3)23(15-17)27(34)25-26(19-8-10-21(33)11-9-19)32(30(36)28(25)35)13-12-20-16-31-24-7-5-4-6-22(20)24/h4-11,14-16,26,31,33-34H,12-13H2,1-3H3/b27-25+. The molecule has 1 aliphatic rings. The van der Waals surface area contributed by atoms with Crippen molar-refractivity contribution >= 4 is 28.4 Å². The van der Waals surface area contributed by atoms with E-state index in [2.05, 4.69) is 4.98 Å². The number of hydrogen-bond acceptors (Lipinski definition) is 5. The molecule has 3 N–H and O–H groups in total. The molecule has 1 aliphatic heterocycles. The maximum atomic E-state index is 13.4. The number of H-pyrrole nitrogens is 1. The van der Waals surface area contributed by atoms with E-state index in [1.54, 1.807) is 18.2 Å². The number of aliphatic hydroxyl groups excluding tert-OH is 1. The number of nitrogens with zero attached hydrogens (tertiary/aromatic N) is 1. The summed E-state index contributed by atoms with van der Waals surface area (Å²) in [5, 5.41) is 22.4. The highest BCUT2D eigenvalue weighted by Crippen LogP contribution is 2.42. The second-order valence-electron chi connectivity index (χ2n) is 9.36. The van der Waals surface area contributed by atoms with E-state index in [4.69, 9.17) is 4.74 Å². The van der Waals surface area contributed by atoms with Crippen LogP contribution in [0.3, 0.4) is 0 Å². The number of aromatic nitrogens is 1. The lowest BCUT2D eigenvalue weighted by atomic mass is 9.93. The fourth-order valence-electron chi connectivity index (χ4n) is 5.24. The second kappa shape index (κ2) is 9.50. The van der Waals surface area contributed by atoms with Gasteiger partial charge < -0.3 is 24.8 Å². The number of aromatic hydroxyl groups is 1. The lowest BCUT2D eigenvalue weighted by molar-refractivity contribution is -0.139. The van der Waals surface area contributed by atoms with E-state index in [0.717, 1.165) is 27.6 Å². The van der Waals surface area contributed by atoms with Crippen LogP contribution in [0.5, 0.6) is 11.5 Å². The molecule has 1 atom stereocenters. The van der Waals surface area contributed by atoms with Gasteiger partial charge in [0.1, 0.15) is 17.3 Å². The minimum Gasteiger partial charge on any atom is -0.508 e. The maximum Gasteiger partial charge on any atom is 0.295 e. The Hall–Kier alpha value is -4.52. The lowest BCUT2D eigenvalue weighted by Gasteiger charge is -2.25. The van der Waals surface area contributed by atoms with Crippen LogP contribution in [0.2, 0.25) is 0 Å². The molecule has 0 radical (unpaired) electrons. The van der Waals surface area contributed by atoms with Crippen molar-refractivity contribution in [2.24, 2.45) is 0 Å². The number of aromatic amines is 1. The van der Waals surface area contributed by atoms with Gasteiger partial charge in [-0.2, -0.15) is 0 Å². The van der Waals surface area contributed by atoms with Crippen LogP contribution in [0.4, 0.5) is 0 Å². The number of aliphatic hydroxyl groups is 1. The summed E-state index contributed by atoms with van der Waals surface area (Å²) in [6, 6.07) is 17.1. The number of hydrogen-bond donors (Lipinski definition) is 3. The predicted molar refractivity (Wildman–Crippen MR) is 142 cm³/mol. The third-order valence-electron chi connectivity index (χ3n) is 6.92. The lowest BCUT2D eigenvalue weighted by Crippen LogP contribution is -2.31. The number of phenolic OH excluding ortho intramolecular Hbond substituents is 1. The number of nitrogens with one attached hydrogen (secondary N) is 1. The van der Waals surface area contributed by atoms with Gasteiger partial charge >= 0.3 is 0 Å². The quantitative estimate of drug-likeness (QED) is 0.194. The van der Waals surface area contributed by atoms with Crippen molar-refractivity contribution in [2.45, 2.75) is 26.3 Å². The minimum atomic E-state index is -0.823. The zero-order valence-electron chi connectivity index (χ0n) is 20.9. The number of ketones is 1. The highest BCUT2D eigenvalue weighted by molar-refractivity contribution is 6.46. The van der Waals surface area contributed by atoms with Gasteiger partial charge in [0.2, 0.25) is 0 Å². The third-order valence-corrected chi connectivity index (χ3v) is 6.92. The Morgan fingerprint density at radius 2 is 1.78 bits per heavy atom. The number of Topliss-reactive ketones (excluding diaryl/α,β-unsaturated/α-hetero) is 1. The van der Waals surface area contributed by atoms with Gasteiger partial charge in [0.15, 0.2) is 0 Å². The summed E-state index contributed by atoms with van der Waals surface area (Å²) in [7, 11) is 1.51. The Bertz CT molecular complexity index is 1550. The van der Waals surface area contributed by atoms with Gasteiger partial charge in [-0.1, -0.05) is 36.4 Å². The molecule has 1 amide bonds. The summed E-state index contributed by atoms with van der Waals surface area (Å²) in [6.07, 6.45) is 2.43. The number of carbonyl (C=O) groups excluding carboxylic acids is 2. The predicted octanol–water partition coefficient (Wildman–Crippen LogP) is 5.16. The normalized spacial score (nSPS) is 17.1. The van der Waals surface area contributed by atoms with Crippen LogP contribution in [0.1, 0.15) is 33.9 Å². The van der Waals surface area contributed by atoms with Gasteiger partial charge in [0.25, 0.3) is 11.7 Å². The number of likely N-dealkylation sites (tertiary alicyclic amines) is 1. The number of benzene rings is 3. The van der Waals surface area contributed by atoms with E-state index in [1.165, 1.54) is 24.1 Å². The van der Waals surface area contributed by atoms with E-state index in [1.807, 2.05) is 50.4 Å². The smallest absolute Gasteiger partial charge is 0.295 e. The van der Waals surface area contributed by atoms with Crippen molar-refractivity contribution in [3.63, 3.8) is 0 Å². The zero-order chi connectivity index (χ0) is 26.3. The Morgan fingerprint density at radius 3 is 2.51 bits per heavy atom. The molecule has 0 aliphatic carbocycles. The first-order valence-corrected chi connectivity index (χ1v) is 12.1. The molecule has 1 aromatic heterocycles. The first-order valence-electron chi connectivity index (χ1n) is 12.1. The van der Waals surface area contributed by atoms with Gasteiger partial charge in [-0.3, -0.25) is 9.59 Å². The fraction of sp³-hybridized carbons (Fsp3) is 0.200. The topological polar surface area (TPSA) is 103 Å². The number of amides is 1. The molecule has 0 spiro atoms. The Labute approximate surface area is 214 Å². The molecule has 5 rings (SSSR count). The number of phenols is 1. The van der Waals surface area contributed by atoms with Crippen LogP contribution < -0.4 is 4.74 Å². The number of rotatable bonds is 6. The first kappa shape index (κ1) is 24.2.